The zero-order valence-electron chi connectivity index (χ0n) is 18.3. The highest BCUT2D eigenvalue weighted by atomic mass is 32.3. The molecule has 2 aromatic carbocycles. The summed E-state index contributed by atoms with van der Waals surface area (Å²) in [5, 5.41) is 1.70. The lowest BCUT2D eigenvalue weighted by molar-refractivity contribution is 0.328. The largest absolute Gasteiger partial charge is 0.256 e. The van der Waals surface area contributed by atoms with E-state index in [9.17, 15) is 16.8 Å². The number of sulfonamides is 2. The van der Waals surface area contributed by atoms with E-state index in [0.717, 1.165) is 58.6 Å². The van der Waals surface area contributed by atoms with Gasteiger partial charge in [-0.2, -0.15) is 0 Å². The third-order valence-electron chi connectivity index (χ3n) is 5.91. The Morgan fingerprint density at radius 1 is 0.935 bits per heavy atom. The predicted octanol–water partition coefficient (Wildman–Crippen LogP) is 5.63. The Labute approximate surface area is 187 Å². The van der Waals surface area contributed by atoms with E-state index in [1.807, 2.05) is 31.2 Å². The third-order valence-corrected chi connectivity index (χ3v) is 10.5. The van der Waals surface area contributed by atoms with Crippen molar-refractivity contribution >= 4 is 30.8 Å². The summed E-state index contributed by atoms with van der Waals surface area (Å²) in [6.45, 7) is 5.83. The van der Waals surface area contributed by atoms with Crippen LogP contribution in [-0.4, -0.2) is 32.3 Å². The predicted molar refractivity (Wildman–Crippen MR) is 127 cm³/mol. The Hall–Kier alpha value is -1.70. The summed E-state index contributed by atoms with van der Waals surface area (Å²) in [6, 6.07) is 11.8. The lowest BCUT2D eigenvalue weighted by Crippen LogP contribution is -2.46. The zero-order valence-corrected chi connectivity index (χ0v) is 19.9. The molecule has 1 aliphatic rings. The fraction of sp³-hybridized carbons (Fsp3) is 0.500. The molecule has 0 radical (unpaired) electrons. The van der Waals surface area contributed by atoms with Crippen molar-refractivity contribution in [1.82, 2.24) is 3.71 Å². The van der Waals surface area contributed by atoms with Crippen LogP contribution in [0.4, 0.5) is 0 Å². The molecule has 0 aromatic heterocycles. The van der Waals surface area contributed by atoms with Crippen LogP contribution in [0.3, 0.4) is 0 Å². The summed E-state index contributed by atoms with van der Waals surface area (Å²) in [7, 11) is -8.13. The van der Waals surface area contributed by atoms with Crippen LogP contribution in [0.1, 0.15) is 64.7 Å². The van der Waals surface area contributed by atoms with Gasteiger partial charge in [-0.1, -0.05) is 65.3 Å². The molecule has 1 fully saturated rings. The average molecular weight is 464 g/mol. The van der Waals surface area contributed by atoms with E-state index in [4.69, 9.17) is 0 Å². The first kappa shape index (κ1) is 24.0. The van der Waals surface area contributed by atoms with Gasteiger partial charge in [-0.3, -0.25) is 0 Å². The molecule has 0 N–H and O–H groups in total. The van der Waals surface area contributed by atoms with Gasteiger partial charge in [-0.05, 0) is 61.9 Å². The minimum atomic E-state index is -4.17. The summed E-state index contributed by atoms with van der Waals surface area (Å²) in [6.07, 6.45) is 6.80. The van der Waals surface area contributed by atoms with Gasteiger partial charge in [-0.25, -0.2) is 16.8 Å². The van der Waals surface area contributed by atoms with Gasteiger partial charge < -0.3 is 0 Å². The van der Waals surface area contributed by atoms with E-state index in [1.165, 1.54) is 6.07 Å². The lowest BCUT2D eigenvalue weighted by atomic mass is 9.96. The van der Waals surface area contributed by atoms with Gasteiger partial charge in [0.25, 0.3) is 10.0 Å². The van der Waals surface area contributed by atoms with Crippen LogP contribution in [0.5, 0.6) is 0 Å². The molecule has 0 unspecified atom stereocenters. The Morgan fingerprint density at radius 2 is 1.61 bits per heavy atom. The fourth-order valence-electron chi connectivity index (χ4n) is 4.27. The van der Waals surface area contributed by atoms with E-state index >= 15 is 0 Å². The Morgan fingerprint density at radius 3 is 2.29 bits per heavy atom. The molecule has 7 heteroatoms. The van der Waals surface area contributed by atoms with Crippen LogP contribution in [0.25, 0.3) is 10.8 Å². The number of fused-ring (bicyclic) bond motifs is 1. The van der Waals surface area contributed by atoms with Gasteiger partial charge in [0.2, 0.25) is 10.0 Å². The molecule has 31 heavy (non-hydrogen) atoms. The van der Waals surface area contributed by atoms with Crippen LogP contribution < -0.4 is 0 Å². The van der Waals surface area contributed by atoms with Crippen molar-refractivity contribution in [3.63, 3.8) is 0 Å². The van der Waals surface area contributed by atoms with E-state index in [-0.39, 0.29) is 10.6 Å². The van der Waals surface area contributed by atoms with Gasteiger partial charge in [0, 0.05) is 6.04 Å². The Balaban J connectivity index is 1.90. The molecule has 1 aliphatic carbocycles. The van der Waals surface area contributed by atoms with Crippen molar-refractivity contribution in [2.45, 2.75) is 75.6 Å². The van der Waals surface area contributed by atoms with Crippen LogP contribution >= 0.6 is 0 Å². The number of benzene rings is 2. The number of hydrogen-bond acceptors (Lipinski definition) is 4. The highest BCUT2D eigenvalue weighted by molar-refractivity contribution is 8.04. The lowest BCUT2D eigenvalue weighted by Gasteiger charge is -2.32. The Bertz CT molecular complexity index is 1120. The number of allylic oxidation sites excluding steroid dienone is 1. The quantitative estimate of drug-likeness (QED) is 0.338. The first-order valence-corrected chi connectivity index (χ1v) is 14.2. The summed E-state index contributed by atoms with van der Waals surface area (Å²) in [4.78, 5) is 0.0441. The maximum atomic E-state index is 13.6. The number of nitrogens with zero attached hydrogens (tertiary/aromatic N) is 1. The van der Waals surface area contributed by atoms with E-state index in [0.29, 0.717) is 19.3 Å². The number of unbranched alkanes of at least 4 members (excludes halogenated alkanes) is 2. The summed E-state index contributed by atoms with van der Waals surface area (Å²) >= 11 is 0. The molecule has 0 spiro atoms. The standard InChI is InChI=1S/C24H33NO4S2/c1-20(2)11-5-4-10-18-30(26,27)25(23-14-6-3-7-15-23)31(28,29)24-17-16-21-12-8-9-13-22(21)19-24/h8-9,12-13,16-17,19,23H,1,3-7,10-11,14-15,18H2,2H3. The van der Waals surface area contributed by atoms with Crippen molar-refractivity contribution in [1.29, 1.82) is 0 Å². The maximum absolute atomic E-state index is 13.6. The Kier molecular flexibility index (Phi) is 7.94. The van der Waals surface area contributed by atoms with Crippen LogP contribution in [0.2, 0.25) is 0 Å². The maximum Gasteiger partial charge on any atom is 0.256 e. The first-order valence-electron chi connectivity index (χ1n) is 11.1. The second kappa shape index (κ2) is 10.3. The minimum absolute atomic E-state index is 0.0441. The van der Waals surface area contributed by atoms with E-state index < -0.39 is 26.1 Å². The van der Waals surface area contributed by atoms with Gasteiger partial charge in [0.1, 0.15) is 0 Å². The smallest absolute Gasteiger partial charge is 0.211 e. The molecule has 2 aromatic rings. The highest BCUT2D eigenvalue weighted by Crippen LogP contribution is 2.32. The molecule has 0 bridgehead atoms. The molecule has 0 atom stereocenters. The van der Waals surface area contributed by atoms with E-state index in [2.05, 4.69) is 6.58 Å². The molecular formula is C24H33NO4S2. The topological polar surface area (TPSA) is 71.5 Å². The van der Waals surface area contributed by atoms with Crippen LogP contribution in [0, 0.1) is 0 Å². The van der Waals surface area contributed by atoms with Crippen molar-refractivity contribution in [3.8, 4) is 0 Å². The number of hydrogen-bond donors (Lipinski definition) is 0. The highest BCUT2D eigenvalue weighted by Gasteiger charge is 2.41. The van der Waals surface area contributed by atoms with Gasteiger partial charge in [0.05, 0.1) is 10.6 Å². The van der Waals surface area contributed by atoms with Crippen molar-refractivity contribution in [2.75, 3.05) is 5.75 Å². The van der Waals surface area contributed by atoms with Crippen molar-refractivity contribution in [2.24, 2.45) is 0 Å². The van der Waals surface area contributed by atoms with E-state index in [1.54, 1.807) is 12.1 Å². The zero-order chi connectivity index (χ0) is 22.5. The normalized spacial score (nSPS) is 16.1. The minimum Gasteiger partial charge on any atom is -0.211 e. The van der Waals surface area contributed by atoms with Crippen molar-refractivity contribution < 1.29 is 16.8 Å². The molecule has 170 valence electrons. The third kappa shape index (κ3) is 5.96. The van der Waals surface area contributed by atoms with Crippen LogP contribution in [0.15, 0.2) is 59.5 Å². The second-order valence-corrected chi connectivity index (χ2v) is 12.6. The summed E-state index contributed by atoms with van der Waals surface area (Å²) < 4.78 is 54.8. The molecule has 5 nitrogen and oxygen atoms in total. The summed E-state index contributed by atoms with van der Waals surface area (Å²) in [5.41, 5.74) is 1.07. The van der Waals surface area contributed by atoms with Gasteiger partial charge >= 0.3 is 0 Å². The summed E-state index contributed by atoms with van der Waals surface area (Å²) in [5.74, 6) is -0.146. The monoisotopic (exact) mass is 463 g/mol. The molecule has 0 aliphatic heterocycles. The molecule has 0 saturated heterocycles. The van der Waals surface area contributed by atoms with Crippen LogP contribution in [-0.2, 0) is 20.0 Å². The first-order chi connectivity index (χ1) is 14.7. The molecule has 0 amide bonds. The molecular weight excluding hydrogens is 430 g/mol. The second-order valence-electron chi connectivity index (χ2n) is 8.62. The van der Waals surface area contributed by atoms with Crippen molar-refractivity contribution in [3.05, 3.63) is 54.6 Å². The van der Waals surface area contributed by atoms with Gasteiger partial charge in [0.15, 0.2) is 0 Å². The molecule has 3 rings (SSSR count). The molecule has 1 saturated carbocycles. The average Bonchev–Trinajstić information content (AvgIpc) is 2.73. The SMILES string of the molecule is C=C(C)CCCCCS(=O)(=O)N(C1CCCCC1)S(=O)(=O)c1ccc2ccccc2c1. The van der Waals surface area contributed by atoms with Gasteiger partial charge in [-0.15, -0.1) is 6.58 Å². The molecule has 0 heterocycles. The fourth-order valence-corrected chi connectivity index (χ4v) is 8.69. The number of rotatable bonds is 10.